The van der Waals surface area contributed by atoms with Crippen LogP contribution in [0.5, 0.6) is 0 Å². The third-order valence-electron chi connectivity index (χ3n) is 4.42. The number of carbonyl (C=O) groups excluding carboxylic acids is 1. The molecule has 0 bridgehead atoms. The van der Waals surface area contributed by atoms with Crippen molar-refractivity contribution >= 4 is 62.5 Å². The minimum atomic E-state index is -0.134. The maximum Gasteiger partial charge on any atom is 0.275 e. The summed E-state index contributed by atoms with van der Waals surface area (Å²) >= 11 is 4.55. The van der Waals surface area contributed by atoms with E-state index in [-0.39, 0.29) is 11.9 Å². The molecule has 1 amide bonds. The van der Waals surface area contributed by atoms with Crippen LogP contribution in [0.3, 0.4) is 0 Å². The third-order valence-corrected chi connectivity index (χ3v) is 5.86. The number of nitrogens with zero attached hydrogens (tertiary/aromatic N) is 1. The fraction of sp³-hybridized carbons (Fsp3) is 0.0455. The van der Waals surface area contributed by atoms with E-state index < -0.39 is 0 Å². The number of carbonyl (C=O) groups is 1. The lowest BCUT2D eigenvalue weighted by Crippen LogP contribution is -2.30. The second-order valence-corrected chi connectivity index (χ2v) is 8.71. The first-order valence-electron chi connectivity index (χ1n) is 8.50. The molecule has 3 aromatic carbocycles. The van der Waals surface area contributed by atoms with Crippen LogP contribution in [0.1, 0.15) is 11.6 Å². The normalized spacial score (nSPS) is 16.4. The van der Waals surface area contributed by atoms with Crippen LogP contribution in [0.25, 0.3) is 0 Å². The van der Waals surface area contributed by atoms with E-state index in [0.29, 0.717) is 5.70 Å². The van der Waals surface area contributed by atoms with Crippen LogP contribution in [-0.2, 0) is 4.79 Å². The number of rotatable bonds is 4. The number of hydrogen-bond acceptors (Lipinski definition) is 2. The Labute approximate surface area is 185 Å². The average Bonchev–Trinajstić information content (AvgIpc) is 3.01. The molecular weight excluding hydrogens is 562 g/mol. The molecular formula is C22H16I2N2O. The average molecular weight is 578 g/mol. The van der Waals surface area contributed by atoms with Crippen molar-refractivity contribution in [1.29, 1.82) is 0 Å². The van der Waals surface area contributed by atoms with Gasteiger partial charge >= 0.3 is 0 Å². The molecule has 0 aromatic heterocycles. The minimum Gasteiger partial charge on any atom is -0.351 e. The monoisotopic (exact) mass is 578 g/mol. The van der Waals surface area contributed by atoms with Gasteiger partial charge in [-0.2, -0.15) is 0 Å². The molecule has 0 spiro atoms. The van der Waals surface area contributed by atoms with Gasteiger partial charge in [0.15, 0.2) is 0 Å². The van der Waals surface area contributed by atoms with Crippen LogP contribution in [0.4, 0.5) is 11.4 Å². The van der Waals surface area contributed by atoms with Crippen molar-refractivity contribution in [1.82, 2.24) is 0 Å². The summed E-state index contributed by atoms with van der Waals surface area (Å²) in [5, 5.41) is 3.29. The molecule has 0 saturated carbocycles. The van der Waals surface area contributed by atoms with Gasteiger partial charge in [0.2, 0.25) is 0 Å². The summed E-state index contributed by atoms with van der Waals surface area (Å²) in [7, 11) is 0. The van der Waals surface area contributed by atoms with Crippen molar-refractivity contribution in [3.63, 3.8) is 0 Å². The summed E-state index contributed by atoms with van der Waals surface area (Å²) in [6, 6.07) is 26.0. The largest absolute Gasteiger partial charge is 0.351 e. The maximum absolute atomic E-state index is 13.2. The summed E-state index contributed by atoms with van der Waals surface area (Å²) < 4.78 is 2.30. The summed E-state index contributed by atoms with van der Waals surface area (Å²) in [4.78, 5) is 15.1. The molecule has 1 atom stereocenters. The first kappa shape index (κ1) is 18.5. The van der Waals surface area contributed by atoms with E-state index >= 15 is 0 Å². The summed E-state index contributed by atoms with van der Waals surface area (Å²) in [5.41, 5.74) is 3.49. The Morgan fingerprint density at radius 1 is 0.778 bits per heavy atom. The maximum atomic E-state index is 13.2. The molecule has 134 valence electrons. The van der Waals surface area contributed by atoms with Gasteiger partial charge in [-0.1, -0.05) is 30.3 Å². The molecule has 4 rings (SSSR count). The van der Waals surface area contributed by atoms with Crippen molar-refractivity contribution in [3.05, 3.63) is 103 Å². The van der Waals surface area contributed by atoms with Crippen molar-refractivity contribution in [2.45, 2.75) is 6.04 Å². The van der Waals surface area contributed by atoms with Crippen LogP contribution in [0.15, 0.2) is 90.6 Å². The topological polar surface area (TPSA) is 32.3 Å². The smallest absolute Gasteiger partial charge is 0.275 e. The molecule has 1 N–H and O–H groups in total. The van der Waals surface area contributed by atoms with Crippen LogP contribution < -0.4 is 10.2 Å². The first-order chi connectivity index (χ1) is 13.1. The molecule has 0 aliphatic carbocycles. The lowest BCUT2D eigenvalue weighted by atomic mass is 10.1. The molecule has 5 heteroatoms. The Morgan fingerprint density at radius 2 is 1.37 bits per heavy atom. The Morgan fingerprint density at radius 3 is 2.00 bits per heavy atom. The van der Waals surface area contributed by atoms with Gasteiger partial charge in [-0.15, -0.1) is 0 Å². The van der Waals surface area contributed by atoms with Gasteiger partial charge in [0, 0.05) is 18.5 Å². The molecule has 27 heavy (non-hydrogen) atoms. The standard InChI is InChI=1S/C22H16I2N2O/c23-16-6-10-18(11-7-16)25-20-14-21(15-4-2-1-3-5-15)26(22(20)27)19-12-8-17(24)9-13-19/h1-14,21,25H. The van der Waals surface area contributed by atoms with Crippen LogP contribution in [-0.4, -0.2) is 5.91 Å². The second kappa shape index (κ2) is 8.02. The third kappa shape index (κ3) is 4.03. The van der Waals surface area contributed by atoms with Crippen LogP contribution >= 0.6 is 45.2 Å². The van der Waals surface area contributed by atoms with Gasteiger partial charge in [0.25, 0.3) is 5.91 Å². The minimum absolute atomic E-state index is 0.0244. The predicted octanol–water partition coefficient (Wildman–Crippen LogP) is 5.98. The lowest BCUT2D eigenvalue weighted by Gasteiger charge is -2.25. The van der Waals surface area contributed by atoms with E-state index in [1.54, 1.807) is 0 Å². The van der Waals surface area contributed by atoms with Crippen molar-refractivity contribution in [3.8, 4) is 0 Å². The van der Waals surface area contributed by atoms with Crippen molar-refractivity contribution < 1.29 is 4.79 Å². The summed E-state index contributed by atoms with van der Waals surface area (Å²) in [5.74, 6) is -0.0244. The van der Waals surface area contributed by atoms with E-state index in [0.717, 1.165) is 24.1 Å². The highest BCUT2D eigenvalue weighted by Crippen LogP contribution is 2.36. The zero-order valence-corrected chi connectivity index (χ0v) is 18.6. The Bertz CT molecular complexity index is 983. The van der Waals surface area contributed by atoms with E-state index in [1.165, 1.54) is 0 Å². The zero-order valence-electron chi connectivity index (χ0n) is 14.3. The summed E-state index contributed by atoms with van der Waals surface area (Å²) in [6.45, 7) is 0. The Hall–Kier alpha value is -1.87. The van der Waals surface area contributed by atoms with Gasteiger partial charge in [-0.3, -0.25) is 9.69 Å². The number of nitrogens with one attached hydrogen (secondary N) is 1. The first-order valence-corrected chi connectivity index (χ1v) is 10.7. The van der Waals surface area contributed by atoms with E-state index in [2.05, 4.69) is 62.6 Å². The zero-order chi connectivity index (χ0) is 18.8. The fourth-order valence-electron chi connectivity index (χ4n) is 3.12. The van der Waals surface area contributed by atoms with Gasteiger partial charge in [0.05, 0.1) is 6.04 Å². The number of amides is 1. The molecule has 3 aromatic rings. The number of benzene rings is 3. The molecule has 0 radical (unpaired) electrons. The van der Waals surface area contributed by atoms with Gasteiger partial charge in [-0.25, -0.2) is 0 Å². The molecule has 1 aliphatic rings. The molecule has 1 heterocycles. The molecule has 3 nitrogen and oxygen atoms in total. The highest BCUT2D eigenvalue weighted by molar-refractivity contribution is 14.1. The number of hydrogen-bond donors (Lipinski definition) is 1. The van der Waals surface area contributed by atoms with E-state index in [1.807, 2.05) is 77.7 Å². The molecule has 1 aliphatic heterocycles. The number of halogens is 2. The quantitative estimate of drug-likeness (QED) is 0.387. The number of anilines is 2. The second-order valence-electron chi connectivity index (χ2n) is 6.22. The van der Waals surface area contributed by atoms with Gasteiger partial charge < -0.3 is 5.32 Å². The Kier molecular flexibility index (Phi) is 5.49. The van der Waals surface area contributed by atoms with Crippen molar-refractivity contribution in [2.24, 2.45) is 0 Å². The SMILES string of the molecule is O=C1C(Nc2ccc(I)cc2)=CC(c2ccccc2)N1c1ccc(I)cc1. The van der Waals surface area contributed by atoms with Crippen molar-refractivity contribution in [2.75, 3.05) is 10.2 Å². The fourth-order valence-corrected chi connectivity index (χ4v) is 3.84. The molecule has 1 unspecified atom stereocenters. The van der Waals surface area contributed by atoms with E-state index in [9.17, 15) is 4.79 Å². The molecule has 0 saturated heterocycles. The molecule has 0 fully saturated rings. The van der Waals surface area contributed by atoms with Gasteiger partial charge in [0.1, 0.15) is 5.70 Å². The van der Waals surface area contributed by atoms with Crippen LogP contribution in [0, 0.1) is 7.14 Å². The van der Waals surface area contributed by atoms with Crippen LogP contribution in [0.2, 0.25) is 0 Å². The highest BCUT2D eigenvalue weighted by Gasteiger charge is 2.34. The Balaban J connectivity index is 1.71. The summed E-state index contributed by atoms with van der Waals surface area (Å²) in [6.07, 6.45) is 2.01. The highest BCUT2D eigenvalue weighted by atomic mass is 127. The predicted molar refractivity (Wildman–Crippen MR) is 127 cm³/mol. The lowest BCUT2D eigenvalue weighted by molar-refractivity contribution is -0.114. The van der Waals surface area contributed by atoms with E-state index in [4.69, 9.17) is 0 Å². The van der Waals surface area contributed by atoms with Gasteiger partial charge in [-0.05, 0) is 105 Å².